The van der Waals surface area contributed by atoms with E-state index in [0.29, 0.717) is 0 Å². The van der Waals surface area contributed by atoms with Crippen molar-refractivity contribution in [3.63, 3.8) is 0 Å². The van der Waals surface area contributed by atoms with Crippen molar-refractivity contribution < 1.29 is 0 Å². The van der Waals surface area contributed by atoms with Gasteiger partial charge in [0, 0.05) is 53.2 Å². The van der Waals surface area contributed by atoms with Crippen molar-refractivity contribution in [3.8, 4) is 33.4 Å². The fraction of sp³-hybridized carbons (Fsp3) is 0.288. The molecule has 1 nitrogen and oxygen atoms in total. The molecule has 0 spiro atoms. The summed E-state index contributed by atoms with van der Waals surface area (Å²) in [7, 11) is 0. The molecule has 3 aliphatic rings. The maximum Gasteiger partial charge on any atom is 0.0543 e. The lowest BCUT2D eigenvalue weighted by molar-refractivity contribution is 0.573. The Morgan fingerprint density at radius 3 is 1.59 bits per heavy atom. The van der Waals surface area contributed by atoms with Crippen LogP contribution in [0, 0.1) is 0 Å². The number of nitrogens with zero attached hydrogens (tertiary/aromatic N) is 1. The number of hydrogen-bond donors (Lipinski definition) is 0. The lowest BCUT2D eigenvalue weighted by Gasteiger charge is -2.32. The molecular formula is C59H57NS. The van der Waals surface area contributed by atoms with Gasteiger partial charge in [0.2, 0.25) is 0 Å². The maximum absolute atomic E-state index is 2.63. The van der Waals surface area contributed by atoms with E-state index in [-0.39, 0.29) is 27.1 Å². The van der Waals surface area contributed by atoms with Crippen LogP contribution in [0.1, 0.15) is 128 Å². The number of hydrogen-bond acceptors (Lipinski definition) is 2. The molecule has 0 atom stereocenters. The van der Waals surface area contributed by atoms with E-state index in [2.05, 4.69) is 215 Å². The van der Waals surface area contributed by atoms with Crippen LogP contribution in [0.2, 0.25) is 0 Å². The van der Waals surface area contributed by atoms with Gasteiger partial charge >= 0.3 is 0 Å². The molecule has 3 aliphatic carbocycles. The number of anilines is 3. The molecule has 7 aromatic carbocycles. The van der Waals surface area contributed by atoms with Gasteiger partial charge in [0.05, 0.1) is 11.4 Å². The summed E-state index contributed by atoms with van der Waals surface area (Å²) < 4.78 is 2.79. The third-order valence-corrected chi connectivity index (χ3v) is 16.1. The zero-order valence-corrected chi connectivity index (χ0v) is 38.8. The summed E-state index contributed by atoms with van der Waals surface area (Å²) in [5.74, 6) is 0. The molecule has 304 valence electrons. The maximum atomic E-state index is 2.63. The molecule has 0 amide bonds. The molecule has 0 fully saturated rings. The van der Waals surface area contributed by atoms with Crippen LogP contribution < -0.4 is 4.90 Å². The van der Waals surface area contributed by atoms with Gasteiger partial charge in [-0.2, -0.15) is 0 Å². The highest BCUT2D eigenvalue weighted by molar-refractivity contribution is 7.26. The molecule has 1 heterocycles. The Labute approximate surface area is 367 Å². The largest absolute Gasteiger partial charge is 0.309 e. The molecule has 0 bridgehead atoms. The van der Waals surface area contributed by atoms with Gasteiger partial charge in [-0.25, -0.2) is 0 Å². The fourth-order valence-corrected chi connectivity index (χ4v) is 12.9. The molecular weight excluding hydrogens is 755 g/mol. The summed E-state index contributed by atoms with van der Waals surface area (Å²) in [5, 5.41) is 2.78. The Hall–Kier alpha value is -5.44. The Bertz CT molecular complexity index is 3190. The molecule has 11 rings (SSSR count). The van der Waals surface area contributed by atoms with Crippen LogP contribution in [0.25, 0.3) is 53.6 Å². The Kier molecular flexibility index (Phi) is 7.79. The van der Waals surface area contributed by atoms with Crippen molar-refractivity contribution in [2.24, 2.45) is 0 Å². The highest BCUT2D eigenvalue weighted by atomic mass is 32.1. The van der Waals surface area contributed by atoms with E-state index in [9.17, 15) is 0 Å². The fourth-order valence-electron chi connectivity index (χ4n) is 11.5. The zero-order chi connectivity index (χ0) is 42.8. The van der Waals surface area contributed by atoms with E-state index < -0.39 is 0 Å². The van der Waals surface area contributed by atoms with Crippen LogP contribution >= 0.6 is 11.3 Å². The molecule has 0 unspecified atom stereocenters. The van der Waals surface area contributed by atoms with E-state index >= 15 is 0 Å². The van der Waals surface area contributed by atoms with E-state index in [0.717, 1.165) is 0 Å². The van der Waals surface area contributed by atoms with Crippen molar-refractivity contribution in [3.05, 3.63) is 172 Å². The van der Waals surface area contributed by atoms with E-state index in [1.54, 1.807) is 0 Å². The molecule has 2 heteroatoms. The molecule has 0 radical (unpaired) electrons. The predicted molar refractivity (Wildman–Crippen MR) is 264 cm³/mol. The predicted octanol–water partition coefficient (Wildman–Crippen LogP) is 17.0. The van der Waals surface area contributed by atoms with E-state index in [4.69, 9.17) is 0 Å². The van der Waals surface area contributed by atoms with Gasteiger partial charge in [-0.3, -0.25) is 0 Å². The monoisotopic (exact) mass is 811 g/mol. The molecule has 0 N–H and O–H groups in total. The quantitative estimate of drug-likeness (QED) is 0.172. The molecule has 8 aromatic rings. The first-order valence-electron chi connectivity index (χ1n) is 22.3. The van der Waals surface area contributed by atoms with Gasteiger partial charge in [0.15, 0.2) is 0 Å². The number of benzene rings is 7. The molecule has 0 saturated carbocycles. The minimum Gasteiger partial charge on any atom is -0.309 e. The van der Waals surface area contributed by atoms with Crippen molar-refractivity contribution in [1.82, 2.24) is 0 Å². The third-order valence-electron chi connectivity index (χ3n) is 14.9. The lowest BCUT2D eigenvalue weighted by Crippen LogP contribution is -2.18. The standard InChI is InChI=1S/C59H57NS/c1-55(2,3)34-29-40-39-32-47-41(33-51(39)61-54(40)48(30-34)56(4,5)6)53-45(59(47,11)12)24-18-26-50(53)60(35-27-28-37-36-19-13-15-21-42(36)58(9,10)46(37)31-35)49-25-17-23-44-52(49)38-20-14-16-22-43(38)57(44,7)8/h13-33H,1-12H3. The van der Waals surface area contributed by atoms with Crippen molar-refractivity contribution in [2.75, 3.05) is 4.90 Å². The van der Waals surface area contributed by atoms with Gasteiger partial charge in [-0.15, -0.1) is 11.3 Å². The molecule has 1 aromatic heterocycles. The topological polar surface area (TPSA) is 3.24 Å². The summed E-state index contributed by atoms with van der Waals surface area (Å²) in [4.78, 5) is 2.63. The first kappa shape index (κ1) is 38.5. The van der Waals surface area contributed by atoms with E-state index in [1.165, 1.54) is 115 Å². The second-order valence-corrected chi connectivity index (χ2v) is 22.9. The summed E-state index contributed by atoms with van der Waals surface area (Å²) in [5.41, 5.74) is 22.6. The smallest absolute Gasteiger partial charge is 0.0543 e. The summed E-state index contributed by atoms with van der Waals surface area (Å²) >= 11 is 1.98. The number of thiophene rings is 1. The Balaban J connectivity index is 1.21. The van der Waals surface area contributed by atoms with Gasteiger partial charge in [0.25, 0.3) is 0 Å². The highest BCUT2D eigenvalue weighted by Crippen LogP contribution is 2.60. The van der Waals surface area contributed by atoms with Gasteiger partial charge in [-0.05, 0) is 120 Å². The first-order chi connectivity index (χ1) is 28.8. The van der Waals surface area contributed by atoms with Crippen molar-refractivity contribution >= 4 is 48.6 Å². The highest BCUT2D eigenvalue weighted by Gasteiger charge is 2.42. The van der Waals surface area contributed by atoms with Gasteiger partial charge in [-0.1, -0.05) is 168 Å². The van der Waals surface area contributed by atoms with Gasteiger partial charge in [0.1, 0.15) is 0 Å². The third kappa shape index (κ3) is 5.24. The molecule has 61 heavy (non-hydrogen) atoms. The zero-order valence-electron chi connectivity index (χ0n) is 38.0. The van der Waals surface area contributed by atoms with E-state index in [1.807, 2.05) is 11.3 Å². The van der Waals surface area contributed by atoms with Gasteiger partial charge < -0.3 is 4.90 Å². The second kappa shape index (κ2) is 12.4. The SMILES string of the molecule is CC(C)(C)c1cc(C(C)(C)C)c2sc3cc4c(cc3c2c1)C(C)(C)c1cccc(N(c2ccc3c(c2)C(C)(C)c2ccccc2-3)c2cccc3c2-c2ccccc2C3(C)C)c1-4. The van der Waals surface area contributed by atoms with Crippen LogP contribution in [0.3, 0.4) is 0 Å². The Morgan fingerprint density at radius 1 is 0.426 bits per heavy atom. The minimum absolute atomic E-state index is 0.0254. The normalized spacial score (nSPS) is 16.3. The minimum atomic E-state index is -0.196. The summed E-state index contributed by atoms with van der Waals surface area (Å²) in [6.45, 7) is 28.6. The van der Waals surface area contributed by atoms with Crippen LogP contribution in [-0.2, 0) is 27.1 Å². The van der Waals surface area contributed by atoms with Crippen molar-refractivity contribution in [1.29, 1.82) is 0 Å². The van der Waals surface area contributed by atoms with Crippen LogP contribution in [0.5, 0.6) is 0 Å². The molecule has 0 aliphatic heterocycles. The van der Waals surface area contributed by atoms with Crippen LogP contribution in [0.15, 0.2) is 127 Å². The lowest BCUT2D eigenvalue weighted by atomic mass is 9.79. The molecule has 0 saturated heterocycles. The average Bonchev–Trinajstić information content (AvgIpc) is 3.85. The number of fused-ring (bicyclic) bond motifs is 12. The Morgan fingerprint density at radius 2 is 0.951 bits per heavy atom. The number of rotatable bonds is 3. The second-order valence-electron chi connectivity index (χ2n) is 21.8. The first-order valence-corrected chi connectivity index (χ1v) is 23.1. The van der Waals surface area contributed by atoms with Crippen LogP contribution in [0.4, 0.5) is 17.1 Å². The van der Waals surface area contributed by atoms with Crippen LogP contribution in [-0.4, -0.2) is 0 Å². The summed E-state index contributed by atoms with van der Waals surface area (Å²) in [6, 6.07) is 49.7. The summed E-state index contributed by atoms with van der Waals surface area (Å²) in [6.07, 6.45) is 0. The average molecular weight is 812 g/mol. The van der Waals surface area contributed by atoms with Crippen molar-refractivity contribution in [2.45, 2.75) is 110 Å².